The molecule has 1 aliphatic rings. The van der Waals surface area contributed by atoms with Crippen molar-refractivity contribution in [2.75, 3.05) is 5.33 Å². The third-order valence-electron chi connectivity index (χ3n) is 3.75. The fourth-order valence-corrected chi connectivity index (χ4v) is 3.12. The Morgan fingerprint density at radius 2 is 1.72 bits per heavy atom. The molecule has 1 nitrogen and oxygen atoms in total. The van der Waals surface area contributed by atoms with Crippen LogP contribution in [-0.4, -0.2) is 11.4 Å². The summed E-state index contributed by atoms with van der Waals surface area (Å²) < 4.78 is 6.30. The Morgan fingerprint density at radius 3 is 2.28 bits per heavy atom. The molecule has 18 heavy (non-hydrogen) atoms. The summed E-state index contributed by atoms with van der Waals surface area (Å²) in [6.07, 6.45) is 8.53. The summed E-state index contributed by atoms with van der Waals surface area (Å²) in [6.45, 7) is 2.12. The zero-order valence-corrected chi connectivity index (χ0v) is 12.8. The molecule has 1 aromatic rings. The molecular weight excluding hydrogens is 288 g/mol. The molecule has 1 aromatic carbocycles. The van der Waals surface area contributed by atoms with E-state index < -0.39 is 0 Å². The van der Waals surface area contributed by atoms with E-state index in [4.69, 9.17) is 4.74 Å². The molecule has 1 aliphatic carbocycles. The van der Waals surface area contributed by atoms with E-state index in [-0.39, 0.29) is 6.10 Å². The van der Waals surface area contributed by atoms with Gasteiger partial charge in [0.2, 0.25) is 0 Å². The van der Waals surface area contributed by atoms with Crippen molar-refractivity contribution in [3.05, 3.63) is 35.4 Å². The molecule has 0 radical (unpaired) electrons. The minimum Gasteiger partial charge on any atom is -0.369 e. The quantitative estimate of drug-likeness (QED) is 0.550. The second-order valence-electron chi connectivity index (χ2n) is 5.30. The van der Waals surface area contributed by atoms with Crippen molar-refractivity contribution in [3.63, 3.8) is 0 Å². The summed E-state index contributed by atoms with van der Waals surface area (Å²) >= 11 is 3.59. The molecule has 100 valence electrons. The smallest absolute Gasteiger partial charge is 0.0925 e. The van der Waals surface area contributed by atoms with Crippen molar-refractivity contribution in [3.8, 4) is 0 Å². The first-order chi connectivity index (χ1) is 8.79. The molecule has 1 saturated carbocycles. The van der Waals surface area contributed by atoms with Gasteiger partial charge < -0.3 is 4.74 Å². The second-order valence-corrected chi connectivity index (χ2v) is 5.95. The maximum Gasteiger partial charge on any atom is 0.0925 e. The van der Waals surface area contributed by atoms with Crippen molar-refractivity contribution >= 4 is 15.9 Å². The summed E-state index contributed by atoms with van der Waals surface area (Å²) in [5.41, 5.74) is 2.60. The van der Waals surface area contributed by atoms with E-state index in [0.717, 1.165) is 5.33 Å². The fraction of sp³-hybridized carbons (Fsp3) is 0.625. The lowest BCUT2D eigenvalue weighted by Crippen LogP contribution is -2.17. The van der Waals surface area contributed by atoms with Crippen LogP contribution in [-0.2, 0) is 4.74 Å². The lowest BCUT2D eigenvalue weighted by atomic mass is 10.1. The molecule has 1 unspecified atom stereocenters. The Kier molecular flexibility index (Phi) is 5.71. The van der Waals surface area contributed by atoms with Gasteiger partial charge in [0, 0.05) is 5.33 Å². The van der Waals surface area contributed by atoms with Crippen LogP contribution >= 0.6 is 15.9 Å². The Hall–Kier alpha value is -0.340. The van der Waals surface area contributed by atoms with Crippen molar-refractivity contribution in [1.29, 1.82) is 0 Å². The minimum atomic E-state index is 0.202. The molecule has 0 heterocycles. The third-order valence-corrected chi connectivity index (χ3v) is 4.34. The van der Waals surface area contributed by atoms with Gasteiger partial charge in [-0.15, -0.1) is 0 Å². The lowest BCUT2D eigenvalue weighted by Gasteiger charge is -2.23. The van der Waals surface area contributed by atoms with Crippen molar-refractivity contribution < 1.29 is 4.74 Å². The Morgan fingerprint density at radius 1 is 1.11 bits per heavy atom. The van der Waals surface area contributed by atoms with Gasteiger partial charge >= 0.3 is 0 Å². The van der Waals surface area contributed by atoms with Gasteiger partial charge in [-0.25, -0.2) is 0 Å². The first-order valence-electron chi connectivity index (χ1n) is 7.07. The largest absolute Gasteiger partial charge is 0.369 e. The zero-order chi connectivity index (χ0) is 12.8. The number of rotatable bonds is 4. The van der Waals surface area contributed by atoms with E-state index >= 15 is 0 Å². The standard InChI is InChI=1S/C16H23BrO/c1-13-8-10-14(11-9-13)16(12-17)18-15-6-4-2-3-5-7-15/h8-11,15-16H,2-7,12H2,1H3. The second kappa shape index (κ2) is 7.30. The van der Waals surface area contributed by atoms with Gasteiger partial charge in [0.1, 0.15) is 0 Å². The SMILES string of the molecule is Cc1ccc(C(CBr)OC2CCCCCC2)cc1. The summed E-state index contributed by atoms with van der Waals surface area (Å²) in [7, 11) is 0. The van der Waals surface area contributed by atoms with Crippen LogP contribution in [0.5, 0.6) is 0 Å². The molecule has 1 fully saturated rings. The fourth-order valence-electron chi connectivity index (χ4n) is 2.60. The van der Waals surface area contributed by atoms with Gasteiger partial charge in [0.25, 0.3) is 0 Å². The Bertz CT molecular complexity index is 339. The van der Waals surface area contributed by atoms with Crippen LogP contribution in [0.3, 0.4) is 0 Å². The summed E-state index contributed by atoms with van der Waals surface area (Å²) in [6, 6.07) is 8.72. The van der Waals surface area contributed by atoms with Crippen LogP contribution < -0.4 is 0 Å². The molecule has 1 atom stereocenters. The molecule has 2 rings (SSSR count). The molecule has 0 saturated heterocycles. The zero-order valence-electron chi connectivity index (χ0n) is 11.2. The highest BCUT2D eigenvalue weighted by atomic mass is 79.9. The first kappa shape index (κ1) is 14.1. The van der Waals surface area contributed by atoms with E-state index in [2.05, 4.69) is 47.1 Å². The molecule has 0 aliphatic heterocycles. The third kappa shape index (κ3) is 4.10. The lowest BCUT2D eigenvalue weighted by molar-refractivity contribution is -0.00791. The molecule has 0 aromatic heterocycles. The number of halogens is 1. The monoisotopic (exact) mass is 310 g/mol. The topological polar surface area (TPSA) is 9.23 Å². The maximum atomic E-state index is 6.30. The number of alkyl halides is 1. The van der Waals surface area contributed by atoms with Gasteiger partial charge in [-0.3, -0.25) is 0 Å². The molecular formula is C16H23BrO. The molecule has 0 bridgehead atoms. The summed E-state index contributed by atoms with van der Waals surface area (Å²) in [5.74, 6) is 0. The van der Waals surface area contributed by atoms with E-state index in [0.29, 0.717) is 6.10 Å². The highest BCUT2D eigenvalue weighted by Gasteiger charge is 2.18. The van der Waals surface area contributed by atoms with Gasteiger partial charge in [0.15, 0.2) is 0 Å². The predicted molar refractivity (Wildman–Crippen MR) is 80.3 cm³/mol. The van der Waals surface area contributed by atoms with Crippen LogP contribution in [0, 0.1) is 6.92 Å². The average Bonchev–Trinajstić information content (AvgIpc) is 2.66. The summed E-state index contributed by atoms with van der Waals surface area (Å²) in [5, 5.41) is 0.882. The number of hydrogen-bond acceptors (Lipinski definition) is 1. The normalized spacial score (nSPS) is 19.4. The van der Waals surface area contributed by atoms with Crippen molar-refractivity contribution in [2.24, 2.45) is 0 Å². The Balaban J connectivity index is 1.97. The average molecular weight is 311 g/mol. The number of hydrogen-bond donors (Lipinski definition) is 0. The van der Waals surface area contributed by atoms with Crippen LogP contribution in [0.2, 0.25) is 0 Å². The molecule has 0 N–H and O–H groups in total. The van der Waals surface area contributed by atoms with E-state index in [1.54, 1.807) is 0 Å². The maximum absolute atomic E-state index is 6.30. The van der Waals surface area contributed by atoms with Crippen molar-refractivity contribution in [2.45, 2.75) is 57.7 Å². The van der Waals surface area contributed by atoms with E-state index in [1.807, 2.05) is 0 Å². The van der Waals surface area contributed by atoms with Crippen LogP contribution in [0.4, 0.5) is 0 Å². The number of ether oxygens (including phenoxy) is 1. The number of benzene rings is 1. The highest BCUT2D eigenvalue weighted by Crippen LogP contribution is 2.27. The van der Waals surface area contributed by atoms with Crippen molar-refractivity contribution in [1.82, 2.24) is 0 Å². The van der Waals surface area contributed by atoms with Gasteiger partial charge in [-0.05, 0) is 25.3 Å². The Labute approximate surface area is 119 Å². The van der Waals surface area contributed by atoms with Crippen LogP contribution in [0.25, 0.3) is 0 Å². The van der Waals surface area contributed by atoms with Gasteiger partial charge in [0.05, 0.1) is 12.2 Å². The number of aryl methyl sites for hydroxylation is 1. The predicted octanol–water partition coefficient (Wildman–Crippen LogP) is 5.17. The summed E-state index contributed by atoms with van der Waals surface area (Å²) in [4.78, 5) is 0. The highest BCUT2D eigenvalue weighted by molar-refractivity contribution is 9.09. The van der Waals surface area contributed by atoms with Crippen LogP contribution in [0.15, 0.2) is 24.3 Å². The van der Waals surface area contributed by atoms with Crippen LogP contribution in [0.1, 0.15) is 55.8 Å². The molecule has 2 heteroatoms. The van der Waals surface area contributed by atoms with E-state index in [9.17, 15) is 0 Å². The molecule has 0 spiro atoms. The molecule has 0 amide bonds. The minimum absolute atomic E-state index is 0.202. The van der Waals surface area contributed by atoms with Gasteiger partial charge in [-0.1, -0.05) is 71.4 Å². The van der Waals surface area contributed by atoms with E-state index in [1.165, 1.54) is 49.7 Å². The van der Waals surface area contributed by atoms with Gasteiger partial charge in [-0.2, -0.15) is 0 Å². The first-order valence-corrected chi connectivity index (χ1v) is 8.19.